The number of aliphatic hydroxyl groups excluding tert-OH is 2. The van der Waals surface area contributed by atoms with Crippen LogP contribution in [0.15, 0.2) is 0 Å². The Balaban J connectivity index is 2.60. The van der Waals surface area contributed by atoms with Crippen LogP contribution in [0.4, 0.5) is 8.78 Å². The number of carbonyl (C=O) groups excluding carboxylic acids is 1. The highest BCUT2D eigenvalue weighted by molar-refractivity contribution is 5.77. The van der Waals surface area contributed by atoms with Gasteiger partial charge < -0.3 is 15.1 Å². The molecule has 1 heterocycles. The summed E-state index contributed by atoms with van der Waals surface area (Å²) in [5, 5.41) is 17.3. The van der Waals surface area contributed by atoms with E-state index in [1.54, 1.807) is 0 Å². The topological polar surface area (TPSA) is 60.8 Å². The third-order valence-electron chi connectivity index (χ3n) is 2.05. The summed E-state index contributed by atoms with van der Waals surface area (Å²) in [6.07, 6.45) is -1.84. The molecule has 0 aromatic rings. The van der Waals surface area contributed by atoms with E-state index in [2.05, 4.69) is 0 Å². The monoisotopic (exact) mass is 195 g/mol. The molecule has 76 valence electrons. The van der Waals surface area contributed by atoms with E-state index in [1.807, 2.05) is 0 Å². The lowest BCUT2D eigenvalue weighted by Gasteiger charge is -2.35. The number of likely N-dealkylation sites (tertiary alicyclic amines) is 1. The van der Waals surface area contributed by atoms with Crippen LogP contribution in [0.1, 0.15) is 6.42 Å². The molecular weight excluding hydrogens is 184 g/mol. The fraction of sp³-hybridized carbons (Fsp3) is 0.857. The second-order valence-electron chi connectivity index (χ2n) is 3.04. The zero-order chi connectivity index (χ0) is 10.1. The molecule has 0 bridgehead atoms. The molecule has 1 amide bonds. The molecule has 4 nitrogen and oxygen atoms in total. The Bertz CT molecular complexity index is 210. The number of carbonyl (C=O) groups is 1. The first kappa shape index (κ1) is 10.3. The number of amides is 1. The van der Waals surface area contributed by atoms with Crippen LogP contribution in [-0.4, -0.2) is 52.7 Å². The zero-order valence-electron chi connectivity index (χ0n) is 6.91. The summed E-state index contributed by atoms with van der Waals surface area (Å²) in [7, 11) is 0. The molecule has 1 fully saturated rings. The first-order valence-electron chi connectivity index (χ1n) is 3.92. The molecule has 1 atom stereocenters. The molecular formula is C7H11F2NO3. The third-order valence-corrected chi connectivity index (χ3v) is 2.05. The fourth-order valence-corrected chi connectivity index (χ4v) is 1.24. The van der Waals surface area contributed by atoms with Crippen LogP contribution in [0, 0.1) is 0 Å². The Hall–Kier alpha value is -0.750. The summed E-state index contributed by atoms with van der Waals surface area (Å²) >= 11 is 0. The van der Waals surface area contributed by atoms with Crippen LogP contribution in [-0.2, 0) is 4.79 Å². The number of rotatable bonds is 1. The van der Waals surface area contributed by atoms with Gasteiger partial charge in [-0.05, 0) is 6.42 Å². The van der Waals surface area contributed by atoms with Crippen molar-refractivity contribution < 1.29 is 23.8 Å². The number of nitrogens with zero attached hydrogens (tertiary/aromatic N) is 1. The van der Waals surface area contributed by atoms with E-state index in [0.29, 0.717) is 0 Å². The second kappa shape index (κ2) is 3.55. The first-order valence-corrected chi connectivity index (χ1v) is 3.92. The van der Waals surface area contributed by atoms with Gasteiger partial charge >= 0.3 is 0 Å². The standard InChI is InChI=1S/C7H11F2NO3/c8-7(9)4-10(6(13)3-11)2-1-5(7)12/h5,11-12H,1-4H2/t5-/m0/s1. The highest BCUT2D eigenvalue weighted by Crippen LogP contribution is 2.26. The number of aliphatic hydroxyl groups is 2. The first-order chi connectivity index (χ1) is 5.97. The van der Waals surface area contributed by atoms with Crippen LogP contribution in [0.5, 0.6) is 0 Å². The Kier molecular flexibility index (Phi) is 2.82. The molecule has 0 spiro atoms. The Morgan fingerprint density at radius 3 is 2.69 bits per heavy atom. The van der Waals surface area contributed by atoms with Gasteiger partial charge in [0.2, 0.25) is 5.91 Å². The highest BCUT2D eigenvalue weighted by atomic mass is 19.3. The molecule has 2 N–H and O–H groups in total. The van der Waals surface area contributed by atoms with Crippen LogP contribution >= 0.6 is 0 Å². The molecule has 0 aromatic heterocycles. The minimum Gasteiger partial charge on any atom is -0.387 e. The zero-order valence-corrected chi connectivity index (χ0v) is 6.91. The van der Waals surface area contributed by atoms with Crippen molar-refractivity contribution in [2.75, 3.05) is 19.7 Å². The lowest BCUT2D eigenvalue weighted by atomic mass is 10.0. The van der Waals surface area contributed by atoms with E-state index in [1.165, 1.54) is 0 Å². The Morgan fingerprint density at radius 2 is 2.23 bits per heavy atom. The van der Waals surface area contributed by atoms with Gasteiger partial charge in [0, 0.05) is 6.54 Å². The van der Waals surface area contributed by atoms with Gasteiger partial charge in [0.25, 0.3) is 5.92 Å². The summed E-state index contributed by atoms with van der Waals surface area (Å²) in [5.74, 6) is -3.99. The highest BCUT2D eigenvalue weighted by Gasteiger charge is 2.44. The van der Waals surface area contributed by atoms with Crippen molar-refractivity contribution in [3.8, 4) is 0 Å². The van der Waals surface area contributed by atoms with Gasteiger partial charge in [0.1, 0.15) is 12.7 Å². The normalized spacial score (nSPS) is 27.4. The number of halogens is 2. The predicted octanol–water partition coefficient (Wildman–Crippen LogP) is -0.793. The fourth-order valence-electron chi connectivity index (χ4n) is 1.24. The second-order valence-corrected chi connectivity index (χ2v) is 3.04. The summed E-state index contributed by atoms with van der Waals surface area (Å²) in [6, 6.07) is 0. The van der Waals surface area contributed by atoms with Crippen LogP contribution < -0.4 is 0 Å². The Labute approximate surface area is 73.8 Å². The number of alkyl halides is 2. The van der Waals surface area contributed by atoms with Gasteiger partial charge in [0.15, 0.2) is 0 Å². The van der Waals surface area contributed by atoms with Crippen molar-refractivity contribution in [2.24, 2.45) is 0 Å². The SMILES string of the molecule is O=C(CO)N1CC[C@H](O)C(F)(F)C1. The van der Waals surface area contributed by atoms with Gasteiger partial charge in [-0.15, -0.1) is 0 Å². The summed E-state index contributed by atoms with van der Waals surface area (Å²) in [4.78, 5) is 11.7. The van der Waals surface area contributed by atoms with Crippen molar-refractivity contribution in [1.29, 1.82) is 0 Å². The van der Waals surface area contributed by atoms with E-state index in [-0.39, 0.29) is 13.0 Å². The van der Waals surface area contributed by atoms with E-state index in [9.17, 15) is 13.6 Å². The van der Waals surface area contributed by atoms with Crippen LogP contribution in [0.3, 0.4) is 0 Å². The van der Waals surface area contributed by atoms with Crippen molar-refractivity contribution in [3.05, 3.63) is 0 Å². The number of hydrogen-bond donors (Lipinski definition) is 2. The van der Waals surface area contributed by atoms with E-state index >= 15 is 0 Å². The van der Waals surface area contributed by atoms with Crippen LogP contribution in [0.25, 0.3) is 0 Å². The van der Waals surface area contributed by atoms with Crippen LogP contribution in [0.2, 0.25) is 0 Å². The average molecular weight is 195 g/mol. The summed E-state index contributed by atoms with van der Waals surface area (Å²) in [6.45, 7) is -1.52. The van der Waals surface area contributed by atoms with Gasteiger partial charge in [0.05, 0.1) is 6.54 Å². The maximum Gasteiger partial charge on any atom is 0.290 e. The number of piperidine rings is 1. The number of hydrogen-bond acceptors (Lipinski definition) is 3. The van der Waals surface area contributed by atoms with E-state index < -0.39 is 31.1 Å². The maximum atomic E-state index is 12.8. The van der Waals surface area contributed by atoms with Gasteiger partial charge in [-0.25, -0.2) is 8.78 Å². The van der Waals surface area contributed by atoms with Crippen molar-refractivity contribution >= 4 is 5.91 Å². The molecule has 0 aliphatic carbocycles. The average Bonchev–Trinajstić information content (AvgIpc) is 2.08. The third kappa shape index (κ3) is 2.13. The van der Waals surface area contributed by atoms with Gasteiger partial charge in [-0.2, -0.15) is 0 Å². The van der Waals surface area contributed by atoms with E-state index in [0.717, 1.165) is 4.90 Å². The van der Waals surface area contributed by atoms with Crippen molar-refractivity contribution in [3.63, 3.8) is 0 Å². The Morgan fingerprint density at radius 1 is 1.62 bits per heavy atom. The van der Waals surface area contributed by atoms with Crippen molar-refractivity contribution in [1.82, 2.24) is 4.90 Å². The quantitative estimate of drug-likeness (QED) is 0.576. The lowest BCUT2D eigenvalue weighted by molar-refractivity contribution is -0.166. The molecule has 0 saturated carbocycles. The van der Waals surface area contributed by atoms with E-state index in [4.69, 9.17) is 10.2 Å². The molecule has 1 rings (SSSR count). The molecule has 13 heavy (non-hydrogen) atoms. The molecule has 0 aromatic carbocycles. The molecule has 6 heteroatoms. The lowest BCUT2D eigenvalue weighted by Crippen LogP contribution is -2.53. The molecule has 0 radical (unpaired) electrons. The predicted molar refractivity (Wildman–Crippen MR) is 39.2 cm³/mol. The molecule has 1 saturated heterocycles. The van der Waals surface area contributed by atoms with Gasteiger partial charge in [-0.3, -0.25) is 4.79 Å². The van der Waals surface area contributed by atoms with Gasteiger partial charge in [-0.1, -0.05) is 0 Å². The minimum atomic E-state index is -3.26. The summed E-state index contributed by atoms with van der Waals surface area (Å²) in [5.41, 5.74) is 0. The molecule has 1 aliphatic rings. The van der Waals surface area contributed by atoms with Crippen molar-refractivity contribution in [2.45, 2.75) is 18.4 Å². The summed E-state index contributed by atoms with van der Waals surface area (Å²) < 4.78 is 25.6. The maximum absolute atomic E-state index is 12.8. The minimum absolute atomic E-state index is 0.0656. The smallest absolute Gasteiger partial charge is 0.290 e. The molecule has 0 unspecified atom stereocenters. The molecule has 1 aliphatic heterocycles. The largest absolute Gasteiger partial charge is 0.387 e.